The van der Waals surface area contributed by atoms with Crippen LogP contribution >= 0.6 is 0 Å². The SMILES string of the molecule is Cc1ccc2c(oc3nc4nc(C(C)(C)C)oc4cc32)c1-c1n(-c2c(C(C)C)cc(-c3ccccc3)cc2C(C)C)c2ccccc2[n+]1C. The van der Waals surface area contributed by atoms with Gasteiger partial charge in [0.1, 0.15) is 11.3 Å². The second-order valence-electron chi connectivity index (χ2n) is 15.1. The molecule has 8 rings (SSSR count). The summed E-state index contributed by atoms with van der Waals surface area (Å²) < 4.78 is 17.8. The molecule has 0 saturated heterocycles. The van der Waals surface area contributed by atoms with Gasteiger partial charge in [-0.3, -0.25) is 0 Å². The van der Waals surface area contributed by atoms with E-state index in [1.807, 2.05) is 6.07 Å². The predicted molar refractivity (Wildman–Crippen MR) is 200 cm³/mol. The number of rotatable bonds is 5. The number of para-hydroxylation sites is 2. The van der Waals surface area contributed by atoms with Crippen molar-refractivity contribution in [3.63, 3.8) is 0 Å². The number of fused-ring (bicyclic) bond motifs is 5. The number of nitrogens with zero attached hydrogens (tertiary/aromatic N) is 4. The molecule has 4 aromatic heterocycles. The van der Waals surface area contributed by atoms with Gasteiger partial charge in [-0.25, -0.2) is 4.57 Å². The van der Waals surface area contributed by atoms with Crippen LogP contribution in [-0.4, -0.2) is 14.5 Å². The Morgan fingerprint density at radius 3 is 2.08 bits per heavy atom. The topological polar surface area (TPSA) is 60.9 Å². The Morgan fingerprint density at radius 1 is 0.735 bits per heavy atom. The molecule has 0 spiro atoms. The molecule has 0 radical (unpaired) electrons. The molecule has 0 aliphatic rings. The fourth-order valence-corrected chi connectivity index (χ4v) is 7.25. The van der Waals surface area contributed by atoms with E-state index in [2.05, 4.69) is 150 Å². The molecule has 4 heterocycles. The molecule has 0 aliphatic carbocycles. The lowest BCUT2D eigenvalue weighted by Crippen LogP contribution is -2.30. The van der Waals surface area contributed by atoms with Crippen molar-refractivity contribution in [2.45, 2.75) is 72.6 Å². The summed E-state index contributed by atoms with van der Waals surface area (Å²) in [7, 11) is 2.17. The van der Waals surface area contributed by atoms with Crippen LogP contribution in [0.15, 0.2) is 93.8 Å². The highest BCUT2D eigenvalue weighted by Crippen LogP contribution is 2.43. The van der Waals surface area contributed by atoms with Gasteiger partial charge in [0.15, 0.2) is 22.2 Å². The first-order valence-corrected chi connectivity index (χ1v) is 17.3. The van der Waals surface area contributed by atoms with E-state index in [1.54, 1.807) is 0 Å². The molecule has 0 fully saturated rings. The Balaban J connectivity index is 1.47. The van der Waals surface area contributed by atoms with Crippen LogP contribution in [0.3, 0.4) is 0 Å². The molecular formula is C43H43N4O2+. The molecule has 6 heteroatoms. The van der Waals surface area contributed by atoms with Gasteiger partial charge < -0.3 is 8.83 Å². The molecule has 246 valence electrons. The van der Waals surface area contributed by atoms with Crippen molar-refractivity contribution in [1.29, 1.82) is 0 Å². The first kappa shape index (κ1) is 31.1. The van der Waals surface area contributed by atoms with E-state index in [1.165, 1.54) is 27.9 Å². The summed E-state index contributed by atoms with van der Waals surface area (Å²) in [5, 5.41) is 1.92. The van der Waals surface area contributed by atoms with E-state index < -0.39 is 0 Å². The van der Waals surface area contributed by atoms with Gasteiger partial charge in [-0.15, -0.1) is 0 Å². The number of oxazole rings is 1. The smallest absolute Gasteiger partial charge is 0.299 e. The van der Waals surface area contributed by atoms with Crippen LogP contribution in [0.4, 0.5) is 0 Å². The third kappa shape index (κ3) is 4.87. The third-order valence-electron chi connectivity index (χ3n) is 9.83. The number of pyridine rings is 1. The molecule has 0 unspecified atom stereocenters. The molecule has 8 aromatic rings. The second-order valence-corrected chi connectivity index (χ2v) is 15.1. The van der Waals surface area contributed by atoms with E-state index >= 15 is 0 Å². The summed E-state index contributed by atoms with van der Waals surface area (Å²) in [4.78, 5) is 9.62. The van der Waals surface area contributed by atoms with E-state index in [0.29, 0.717) is 22.8 Å². The maximum absolute atomic E-state index is 6.78. The number of imidazole rings is 1. The largest absolute Gasteiger partial charge is 0.438 e. The highest BCUT2D eigenvalue weighted by Gasteiger charge is 2.34. The molecule has 0 atom stereocenters. The van der Waals surface area contributed by atoms with Crippen LogP contribution in [0.2, 0.25) is 0 Å². The van der Waals surface area contributed by atoms with E-state index in [-0.39, 0.29) is 17.3 Å². The number of aryl methyl sites for hydroxylation is 2. The van der Waals surface area contributed by atoms with Crippen LogP contribution in [0.1, 0.15) is 82.9 Å². The van der Waals surface area contributed by atoms with Crippen molar-refractivity contribution < 1.29 is 13.4 Å². The molecule has 0 aliphatic heterocycles. The van der Waals surface area contributed by atoms with Crippen molar-refractivity contribution in [3.8, 4) is 28.2 Å². The van der Waals surface area contributed by atoms with Gasteiger partial charge >= 0.3 is 0 Å². The fourth-order valence-electron chi connectivity index (χ4n) is 7.25. The number of hydrogen-bond donors (Lipinski definition) is 0. The van der Waals surface area contributed by atoms with Gasteiger partial charge in [0, 0.05) is 21.9 Å². The maximum atomic E-state index is 6.78. The summed E-state index contributed by atoms with van der Waals surface area (Å²) >= 11 is 0. The molecule has 0 bridgehead atoms. The second kappa shape index (κ2) is 11.2. The van der Waals surface area contributed by atoms with Gasteiger partial charge in [-0.1, -0.05) is 103 Å². The predicted octanol–water partition coefficient (Wildman–Crippen LogP) is 11.1. The summed E-state index contributed by atoms with van der Waals surface area (Å²) in [6.07, 6.45) is 0. The van der Waals surface area contributed by atoms with Crippen molar-refractivity contribution in [2.75, 3.05) is 0 Å². The minimum atomic E-state index is -0.223. The van der Waals surface area contributed by atoms with Gasteiger partial charge in [0.2, 0.25) is 17.3 Å². The number of furan rings is 1. The molecule has 0 amide bonds. The number of hydrogen-bond acceptors (Lipinski definition) is 4. The van der Waals surface area contributed by atoms with Crippen molar-refractivity contribution in [3.05, 3.63) is 108 Å². The van der Waals surface area contributed by atoms with Crippen molar-refractivity contribution in [1.82, 2.24) is 14.5 Å². The van der Waals surface area contributed by atoms with Crippen LogP contribution in [0.5, 0.6) is 0 Å². The third-order valence-corrected chi connectivity index (χ3v) is 9.83. The lowest BCUT2D eigenvalue weighted by atomic mass is 9.88. The van der Waals surface area contributed by atoms with Gasteiger partial charge in [0.25, 0.3) is 5.82 Å². The van der Waals surface area contributed by atoms with Crippen molar-refractivity contribution in [2.24, 2.45) is 7.05 Å². The highest BCUT2D eigenvalue weighted by molar-refractivity contribution is 6.10. The first-order valence-electron chi connectivity index (χ1n) is 17.3. The zero-order valence-electron chi connectivity index (χ0n) is 29.8. The molecule has 49 heavy (non-hydrogen) atoms. The van der Waals surface area contributed by atoms with Crippen LogP contribution in [0.25, 0.3) is 72.5 Å². The average molecular weight is 648 g/mol. The Hall–Kier alpha value is -5.23. The molecule has 0 N–H and O–H groups in total. The highest BCUT2D eigenvalue weighted by atomic mass is 16.4. The fraction of sp³-hybridized carbons (Fsp3) is 0.279. The Bertz CT molecular complexity index is 2530. The Labute approximate surface area is 287 Å². The van der Waals surface area contributed by atoms with Crippen molar-refractivity contribution >= 4 is 44.3 Å². The van der Waals surface area contributed by atoms with Gasteiger partial charge in [-0.05, 0) is 65.8 Å². The lowest BCUT2D eigenvalue weighted by Gasteiger charge is -2.21. The monoisotopic (exact) mass is 647 g/mol. The molecular weight excluding hydrogens is 604 g/mol. The molecule has 6 nitrogen and oxygen atoms in total. The minimum Gasteiger partial charge on any atom is -0.438 e. The summed E-state index contributed by atoms with van der Waals surface area (Å²) in [6, 6.07) is 30.6. The summed E-state index contributed by atoms with van der Waals surface area (Å²) in [6.45, 7) is 17.7. The van der Waals surface area contributed by atoms with E-state index in [0.717, 1.165) is 44.3 Å². The summed E-state index contributed by atoms with van der Waals surface area (Å²) in [5.41, 5.74) is 13.2. The van der Waals surface area contributed by atoms with E-state index in [9.17, 15) is 0 Å². The van der Waals surface area contributed by atoms with Gasteiger partial charge in [0.05, 0.1) is 12.4 Å². The minimum absolute atomic E-state index is 0.223. The number of aromatic nitrogens is 4. The zero-order chi connectivity index (χ0) is 34.4. The number of benzene rings is 4. The standard InChI is InChI=1S/C43H43N4O2/c1-24(2)30-21-28(27-15-11-10-12-16-27)22-31(25(3)4)37(30)47-34-18-14-13-17-33(34)46(9)41(47)36-26(5)19-20-29-32-23-35-39(44-40(32)49-38(29)36)45-42(48-35)43(6,7)8/h10-25H,1-9H3/q+1. The van der Waals surface area contributed by atoms with Gasteiger partial charge in [-0.2, -0.15) is 14.5 Å². The first-order chi connectivity index (χ1) is 23.4. The molecule has 0 saturated carbocycles. The normalized spacial score (nSPS) is 12.6. The van der Waals surface area contributed by atoms with E-state index in [4.69, 9.17) is 18.8 Å². The molecule has 4 aromatic carbocycles. The Kier molecular flexibility index (Phi) is 7.07. The lowest BCUT2D eigenvalue weighted by molar-refractivity contribution is -0.633. The quantitative estimate of drug-likeness (QED) is 0.174. The van der Waals surface area contributed by atoms with Crippen LogP contribution < -0.4 is 4.57 Å². The summed E-state index contributed by atoms with van der Waals surface area (Å²) in [5.74, 6) is 2.30. The maximum Gasteiger partial charge on any atom is 0.299 e. The zero-order valence-corrected chi connectivity index (χ0v) is 29.8. The van der Waals surface area contributed by atoms with Crippen LogP contribution in [-0.2, 0) is 12.5 Å². The average Bonchev–Trinajstić information content (AvgIpc) is 3.75. The van der Waals surface area contributed by atoms with Crippen LogP contribution in [0, 0.1) is 6.92 Å². The Morgan fingerprint density at radius 2 is 1.41 bits per heavy atom.